The Morgan fingerprint density at radius 2 is 1.71 bits per heavy atom. The SMILES string of the molecule is C=CCO[C@@]12Oc3ccc(Oc4ccc5ccccc5c4)cc3[C@H]3[C@H](CCCCO)[C@@H](CCCCO)C=C(C(=NOCC)C[C@@H]1SCCc1ccncc1)[C@H]32. The second-order valence-electron chi connectivity index (χ2n) is 14.8. The van der Waals surface area contributed by atoms with Gasteiger partial charge in [-0.3, -0.25) is 4.98 Å². The molecule has 0 amide bonds. The van der Waals surface area contributed by atoms with Gasteiger partial charge in [0.2, 0.25) is 5.79 Å². The highest BCUT2D eigenvalue weighted by Gasteiger charge is 2.64. The first-order chi connectivity index (χ1) is 27.1. The van der Waals surface area contributed by atoms with Crippen LogP contribution in [-0.2, 0) is 16.0 Å². The lowest BCUT2D eigenvalue weighted by Gasteiger charge is -2.58. The number of unbranched alkanes of at least 4 members (excludes halogenated alkanes) is 2. The van der Waals surface area contributed by atoms with Crippen LogP contribution in [0.5, 0.6) is 17.2 Å². The molecule has 0 bridgehead atoms. The molecule has 0 saturated heterocycles. The van der Waals surface area contributed by atoms with Crippen molar-refractivity contribution in [2.75, 3.05) is 32.2 Å². The summed E-state index contributed by atoms with van der Waals surface area (Å²) in [4.78, 5) is 10.1. The van der Waals surface area contributed by atoms with Crippen LogP contribution in [0, 0.1) is 17.8 Å². The van der Waals surface area contributed by atoms with Crippen LogP contribution < -0.4 is 9.47 Å². The van der Waals surface area contributed by atoms with Crippen LogP contribution >= 0.6 is 11.8 Å². The number of benzene rings is 3. The van der Waals surface area contributed by atoms with Gasteiger partial charge >= 0.3 is 0 Å². The summed E-state index contributed by atoms with van der Waals surface area (Å²) in [6.45, 7) is 7.17. The van der Waals surface area contributed by atoms with Crippen molar-refractivity contribution in [2.45, 2.75) is 75.2 Å². The molecule has 0 spiro atoms. The molecule has 6 atom stereocenters. The highest BCUT2D eigenvalue weighted by Crippen LogP contribution is 2.62. The Bertz CT molecular complexity index is 1950. The third-order valence-electron chi connectivity index (χ3n) is 11.3. The Balaban J connectivity index is 1.35. The molecule has 7 rings (SSSR count). The predicted molar refractivity (Wildman–Crippen MR) is 221 cm³/mol. The fourth-order valence-corrected chi connectivity index (χ4v) is 10.3. The zero-order valence-electron chi connectivity index (χ0n) is 31.9. The van der Waals surface area contributed by atoms with Crippen molar-refractivity contribution < 1.29 is 29.3 Å². The number of allylic oxidation sites excluding steroid dienone is 1. The summed E-state index contributed by atoms with van der Waals surface area (Å²) < 4.78 is 21.0. The van der Waals surface area contributed by atoms with Crippen LogP contribution in [0.4, 0.5) is 0 Å². The van der Waals surface area contributed by atoms with Gasteiger partial charge in [-0.2, -0.15) is 11.8 Å². The normalized spacial score (nSPS) is 24.7. The van der Waals surface area contributed by atoms with Crippen LogP contribution in [0.2, 0.25) is 0 Å². The molecule has 1 aliphatic heterocycles. The molecule has 4 aromatic rings. The Morgan fingerprint density at radius 3 is 2.49 bits per heavy atom. The fraction of sp³-hybridized carbons (Fsp3) is 0.435. The maximum Gasteiger partial charge on any atom is 0.230 e. The largest absolute Gasteiger partial charge is 0.460 e. The van der Waals surface area contributed by atoms with E-state index in [0.717, 1.165) is 90.2 Å². The first-order valence-corrected chi connectivity index (χ1v) is 21.0. The van der Waals surface area contributed by atoms with Crippen LogP contribution in [-0.4, -0.2) is 64.1 Å². The maximum absolute atomic E-state index is 9.91. The monoisotopic (exact) mass is 762 g/mol. The number of fused-ring (bicyclic) bond motifs is 3. The number of aliphatic hydroxyl groups is 2. The van der Waals surface area contributed by atoms with E-state index in [-0.39, 0.29) is 42.1 Å². The number of aromatic nitrogens is 1. The molecule has 9 heteroatoms. The number of aliphatic hydroxyl groups excluding tert-OH is 2. The molecule has 2 heterocycles. The number of rotatable bonds is 19. The van der Waals surface area contributed by atoms with Crippen molar-refractivity contribution in [1.29, 1.82) is 0 Å². The molecule has 1 saturated carbocycles. The van der Waals surface area contributed by atoms with Crippen LogP contribution in [0.3, 0.4) is 0 Å². The van der Waals surface area contributed by atoms with Gasteiger partial charge < -0.3 is 29.3 Å². The third kappa shape index (κ3) is 8.65. The molecule has 2 aliphatic carbocycles. The minimum Gasteiger partial charge on any atom is -0.460 e. The fourth-order valence-electron chi connectivity index (χ4n) is 8.92. The number of hydrogen-bond donors (Lipinski definition) is 2. The van der Waals surface area contributed by atoms with E-state index < -0.39 is 5.79 Å². The topological polar surface area (TPSA) is 103 Å². The van der Waals surface area contributed by atoms with Gasteiger partial charge in [-0.05, 0) is 121 Å². The molecular weight excluding hydrogens is 709 g/mol. The molecule has 3 aliphatic rings. The van der Waals surface area contributed by atoms with Crippen LogP contribution in [0.15, 0.2) is 115 Å². The van der Waals surface area contributed by atoms with Gasteiger partial charge in [0.25, 0.3) is 0 Å². The summed E-state index contributed by atoms with van der Waals surface area (Å²) in [6, 6.07) is 24.9. The molecule has 290 valence electrons. The first kappa shape index (κ1) is 39.1. The number of nitrogens with zero attached hydrogens (tertiary/aromatic N) is 2. The van der Waals surface area contributed by atoms with Crippen molar-refractivity contribution >= 4 is 28.2 Å². The van der Waals surface area contributed by atoms with Crippen molar-refractivity contribution in [3.8, 4) is 17.2 Å². The van der Waals surface area contributed by atoms with E-state index in [1.165, 1.54) is 10.9 Å². The summed E-state index contributed by atoms with van der Waals surface area (Å²) >= 11 is 1.87. The standard InChI is InChI=1S/C46H54N2O6S/c1-3-26-51-46-43(55-27-21-32-19-22-47-23-20-32)31-41(48-52-4-2)39-29-35(13-7-9-24-49)38(14-8-10-25-50)44(45(39)46)40-30-37(17-18-42(40)54-46)53-36-16-15-33-11-5-6-12-34(33)28-36/h3,5-6,11-12,15-20,22-23,28-30,35,38,43-45,49-50H,1,4,7-10,13-14,21,24-27,31H2,2H3/t35-,38+,43-,44+,45+,46+/m0/s1. The lowest BCUT2D eigenvalue weighted by Crippen LogP contribution is -2.64. The number of hydrogen-bond acceptors (Lipinski definition) is 9. The molecule has 0 radical (unpaired) electrons. The molecule has 3 aromatic carbocycles. The number of ether oxygens (including phenoxy) is 3. The van der Waals surface area contributed by atoms with Crippen molar-refractivity contribution in [3.05, 3.63) is 121 Å². The first-order valence-electron chi connectivity index (χ1n) is 20.0. The van der Waals surface area contributed by atoms with Crippen LogP contribution in [0.1, 0.15) is 68.9 Å². The Labute approximate surface area is 329 Å². The summed E-state index contributed by atoms with van der Waals surface area (Å²) in [5.41, 5.74) is 4.42. The van der Waals surface area contributed by atoms with Crippen molar-refractivity contribution in [1.82, 2.24) is 4.98 Å². The second-order valence-corrected chi connectivity index (χ2v) is 16.1. The lowest BCUT2D eigenvalue weighted by molar-refractivity contribution is -0.223. The van der Waals surface area contributed by atoms with Gasteiger partial charge in [-0.1, -0.05) is 60.5 Å². The van der Waals surface area contributed by atoms with E-state index in [1.807, 2.05) is 61.4 Å². The van der Waals surface area contributed by atoms with Crippen molar-refractivity contribution in [3.63, 3.8) is 0 Å². The average Bonchev–Trinajstić information content (AvgIpc) is 3.21. The van der Waals surface area contributed by atoms with E-state index in [0.29, 0.717) is 19.6 Å². The zero-order chi connectivity index (χ0) is 38.0. The number of oxime groups is 1. The minimum atomic E-state index is -1.00. The number of thioether (sulfide) groups is 1. The van der Waals surface area contributed by atoms with E-state index in [2.05, 4.69) is 66.2 Å². The second kappa shape index (κ2) is 18.7. The Morgan fingerprint density at radius 1 is 0.945 bits per heavy atom. The smallest absolute Gasteiger partial charge is 0.230 e. The molecule has 1 aromatic heterocycles. The van der Waals surface area contributed by atoms with Gasteiger partial charge in [-0.15, -0.1) is 6.58 Å². The van der Waals surface area contributed by atoms with Gasteiger partial charge in [0, 0.05) is 43.5 Å². The van der Waals surface area contributed by atoms with Gasteiger partial charge in [0.15, 0.2) is 0 Å². The van der Waals surface area contributed by atoms with Gasteiger partial charge in [0.05, 0.1) is 23.5 Å². The van der Waals surface area contributed by atoms with Gasteiger partial charge in [0.1, 0.15) is 23.9 Å². The Hall–Kier alpha value is -4.15. The van der Waals surface area contributed by atoms with E-state index in [9.17, 15) is 10.2 Å². The highest BCUT2D eigenvalue weighted by atomic mass is 32.2. The Kier molecular flexibility index (Phi) is 13.3. The van der Waals surface area contributed by atoms with Crippen LogP contribution in [0.25, 0.3) is 10.8 Å². The zero-order valence-corrected chi connectivity index (χ0v) is 32.7. The van der Waals surface area contributed by atoms with Crippen molar-refractivity contribution in [2.24, 2.45) is 22.9 Å². The predicted octanol–water partition coefficient (Wildman–Crippen LogP) is 9.66. The molecule has 55 heavy (non-hydrogen) atoms. The number of aryl methyl sites for hydroxylation is 1. The molecule has 2 N–H and O–H groups in total. The maximum atomic E-state index is 9.91. The quantitative estimate of drug-likeness (QED) is 0.0554. The lowest BCUT2D eigenvalue weighted by atomic mass is 9.56. The summed E-state index contributed by atoms with van der Waals surface area (Å²) in [5, 5.41) is 26.7. The number of pyridine rings is 1. The highest BCUT2D eigenvalue weighted by molar-refractivity contribution is 8.00. The van der Waals surface area contributed by atoms with E-state index >= 15 is 0 Å². The average molecular weight is 763 g/mol. The summed E-state index contributed by atoms with van der Waals surface area (Å²) in [6.07, 6.45) is 14.6. The van der Waals surface area contributed by atoms with Gasteiger partial charge in [-0.25, -0.2) is 0 Å². The molecular formula is C46H54N2O6S. The third-order valence-corrected chi connectivity index (χ3v) is 12.7. The summed E-state index contributed by atoms with van der Waals surface area (Å²) in [7, 11) is 0. The summed E-state index contributed by atoms with van der Waals surface area (Å²) in [5.74, 6) is 2.46. The molecule has 0 unspecified atom stereocenters. The minimum absolute atomic E-state index is 0.00182. The van der Waals surface area contributed by atoms with E-state index in [1.54, 1.807) is 0 Å². The molecule has 1 fully saturated rings. The van der Waals surface area contributed by atoms with E-state index in [4.69, 9.17) is 24.2 Å². The molecule has 8 nitrogen and oxygen atoms in total.